The topological polar surface area (TPSA) is 90.9 Å². The highest BCUT2D eigenvalue weighted by Gasteiger charge is 2.14. The molecule has 0 aliphatic heterocycles. The largest absolute Gasteiger partial charge is 0.464 e. The maximum atomic E-state index is 11.6. The van der Waals surface area contributed by atoms with Crippen LogP contribution in [0.15, 0.2) is 12.7 Å². The van der Waals surface area contributed by atoms with Crippen molar-refractivity contribution in [3.63, 3.8) is 0 Å². The standard InChI is InChI=1S/C19H33NO6/c1-4-6-7-8-9-10-11-19(23)24-13-12-20-14-17(26-16(3)21)15-25-18(22)5-2/h5,17,20H,2,4,6-15H2,1,3H3. The van der Waals surface area contributed by atoms with Crippen molar-refractivity contribution in [3.8, 4) is 0 Å². The molecule has 1 unspecified atom stereocenters. The molecule has 0 aromatic rings. The van der Waals surface area contributed by atoms with E-state index in [2.05, 4.69) is 18.8 Å². The smallest absolute Gasteiger partial charge is 0.330 e. The fraction of sp³-hybridized carbons (Fsp3) is 0.737. The molecule has 0 aromatic carbocycles. The van der Waals surface area contributed by atoms with E-state index in [9.17, 15) is 14.4 Å². The minimum absolute atomic E-state index is 0.0603. The van der Waals surface area contributed by atoms with E-state index in [0.717, 1.165) is 25.3 Å². The lowest BCUT2D eigenvalue weighted by atomic mass is 10.1. The first-order valence-electron chi connectivity index (χ1n) is 9.32. The third-order valence-corrected chi connectivity index (χ3v) is 3.56. The summed E-state index contributed by atoms with van der Waals surface area (Å²) in [5.74, 6) is -1.23. The molecule has 1 N–H and O–H groups in total. The van der Waals surface area contributed by atoms with Crippen molar-refractivity contribution in [2.45, 2.75) is 64.9 Å². The zero-order valence-electron chi connectivity index (χ0n) is 16.1. The van der Waals surface area contributed by atoms with E-state index in [4.69, 9.17) is 14.2 Å². The molecule has 0 bridgehead atoms. The summed E-state index contributed by atoms with van der Waals surface area (Å²) in [6.07, 6.45) is 7.65. The molecule has 0 spiro atoms. The van der Waals surface area contributed by atoms with Crippen LogP contribution < -0.4 is 5.32 Å². The predicted octanol–water partition coefficient (Wildman–Crippen LogP) is 2.53. The molecular formula is C19H33NO6. The minimum atomic E-state index is -0.602. The van der Waals surface area contributed by atoms with Gasteiger partial charge in [-0.1, -0.05) is 45.6 Å². The molecule has 0 saturated heterocycles. The zero-order chi connectivity index (χ0) is 19.6. The van der Waals surface area contributed by atoms with Crippen LogP contribution in [0.25, 0.3) is 0 Å². The second kappa shape index (κ2) is 16.6. The lowest BCUT2D eigenvalue weighted by molar-refractivity contribution is -0.154. The first-order valence-corrected chi connectivity index (χ1v) is 9.32. The molecule has 0 saturated carbocycles. The van der Waals surface area contributed by atoms with Crippen LogP contribution in [0.4, 0.5) is 0 Å². The SMILES string of the molecule is C=CC(=O)OCC(CNCCOC(=O)CCCCCCCC)OC(C)=O. The van der Waals surface area contributed by atoms with E-state index in [-0.39, 0.29) is 19.2 Å². The Bertz CT molecular complexity index is 424. The van der Waals surface area contributed by atoms with Gasteiger partial charge in [-0.2, -0.15) is 0 Å². The molecule has 150 valence electrons. The maximum Gasteiger partial charge on any atom is 0.330 e. The van der Waals surface area contributed by atoms with Crippen molar-refractivity contribution >= 4 is 17.9 Å². The third kappa shape index (κ3) is 15.6. The summed E-state index contributed by atoms with van der Waals surface area (Å²) in [5.41, 5.74) is 0. The first kappa shape index (κ1) is 24.1. The number of esters is 3. The minimum Gasteiger partial charge on any atom is -0.464 e. The molecule has 0 aliphatic carbocycles. The van der Waals surface area contributed by atoms with E-state index >= 15 is 0 Å². The van der Waals surface area contributed by atoms with E-state index in [0.29, 0.717) is 19.5 Å². The van der Waals surface area contributed by atoms with Gasteiger partial charge in [-0.15, -0.1) is 0 Å². The van der Waals surface area contributed by atoms with Crippen molar-refractivity contribution in [1.29, 1.82) is 0 Å². The Labute approximate surface area is 156 Å². The van der Waals surface area contributed by atoms with Crippen LogP contribution in [0.1, 0.15) is 58.8 Å². The van der Waals surface area contributed by atoms with Crippen LogP contribution in [0, 0.1) is 0 Å². The van der Waals surface area contributed by atoms with E-state index < -0.39 is 18.0 Å². The average Bonchev–Trinajstić information content (AvgIpc) is 2.61. The van der Waals surface area contributed by atoms with Crippen LogP contribution >= 0.6 is 0 Å². The molecule has 7 nitrogen and oxygen atoms in total. The van der Waals surface area contributed by atoms with Crippen molar-refractivity contribution in [1.82, 2.24) is 5.32 Å². The Morgan fingerprint density at radius 2 is 1.77 bits per heavy atom. The number of hydrogen-bond donors (Lipinski definition) is 1. The van der Waals surface area contributed by atoms with E-state index in [1.807, 2.05) is 0 Å². The van der Waals surface area contributed by atoms with Crippen molar-refractivity contribution in [2.75, 3.05) is 26.3 Å². The van der Waals surface area contributed by atoms with Crippen LogP contribution in [0.3, 0.4) is 0 Å². The Hall–Kier alpha value is -1.89. The van der Waals surface area contributed by atoms with E-state index in [1.54, 1.807) is 0 Å². The maximum absolute atomic E-state index is 11.6. The molecule has 0 aliphatic rings. The van der Waals surface area contributed by atoms with Gasteiger partial charge in [-0.05, 0) is 6.42 Å². The van der Waals surface area contributed by atoms with Crippen LogP contribution in [-0.2, 0) is 28.6 Å². The number of carbonyl (C=O) groups excluding carboxylic acids is 3. The Balaban J connectivity index is 3.75. The van der Waals surface area contributed by atoms with Gasteiger partial charge < -0.3 is 19.5 Å². The summed E-state index contributed by atoms with van der Waals surface area (Å²) >= 11 is 0. The fourth-order valence-corrected chi connectivity index (χ4v) is 2.23. The summed E-state index contributed by atoms with van der Waals surface area (Å²) in [5, 5.41) is 3.01. The Morgan fingerprint density at radius 1 is 1.08 bits per heavy atom. The summed E-state index contributed by atoms with van der Waals surface area (Å²) in [6, 6.07) is 0. The van der Waals surface area contributed by atoms with Gasteiger partial charge in [0.2, 0.25) is 0 Å². The summed E-state index contributed by atoms with van der Waals surface area (Å²) in [7, 11) is 0. The molecule has 0 radical (unpaired) electrons. The average molecular weight is 371 g/mol. The van der Waals surface area contributed by atoms with Crippen LogP contribution in [0.2, 0.25) is 0 Å². The van der Waals surface area contributed by atoms with Gasteiger partial charge in [0.05, 0.1) is 0 Å². The molecule has 7 heteroatoms. The van der Waals surface area contributed by atoms with Gasteiger partial charge >= 0.3 is 17.9 Å². The second-order valence-corrected chi connectivity index (χ2v) is 6.01. The Kier molecular flexibility index (Phi) is 15.4. The van der Waals surface area contributed by atoms with Gasteiger partial charge in [0, 0.05) is 32.5 Å². The normalized spacial score (nSPS) is 11.5. The second-order valence-electron chi connectivity index (χ2n) is 6.01. The molecule has 0 fully saturated rings. The number of rotatable bonds is 16. The van der Waals surface area contributed by atoms with Crippen LogP contribution in [-0.4, -0.2) is 50.3 Å². The molecule has 0 amide bonds. The van der Waals surface area contributed by atoms with Gasteiger partial charge in [-0.3, -0.25) is 9.59 Å². The van der Waals surface area contributed by atoms with Crippen molar-refractivity contribution < 1.29 is 28.6 Å². The molecule has 0 heterocycles. The zero-order valence-corrected chi connectivity index (χ0v) is 16.1. The number of unbranched alkanes of at least 4 members (excludes halogenated alkanes) is 5. The number of ether oxygens (including phenoxy) is 3. The van der Waals surface area contributed by atoms with Crippen molar-refractivity contribution in [2.24, 2.45) is 0 Å². The predicted molar refractivity (Wildman–Crippen MR) is 98.5 cm³/mol. The summed E-state index contributed by atoms with van der Waals surface area (Å²) in [6.45, 7) is 7.65. The van der Waals surface area contributed by atoms with E-state index in [1.165, 1.54) is 26.2 Å². The molecular weight excluding hydrogens is 338 g/mol. The number of nitrogens with one attached hydrogen (secondary N) is 1. The number of carbonyl (C=O) groups is 3. The van der Waals surface area contributed by atoms with Crippen molar-refractivity contribution in [3.05, 3.63) is 12.7 Å². The lowest BCUT2D eigenvalue weighted by Gasteiger charge is -2.17. The fourth-order valence-electron chi connectivity index (χ4n) is 2.23. The molecule has 26 heavy (non-hydrogen) atoms. The van der Waals surface area contributed by atoms with Gasteiger partial charge in [-0.25, -0.2) is 4.79 Å². The first-order chi connectivity index (χ1) is 12.5. The highest BCUT2D eigenvalue weighted by Crippen LogP contribution is 2.07. The van der Waals surface area contributed by atoms with Crippen LogP contribution in [0.5, 0.6) is 0 Å². The van der Waals surface area contributed by atoms with Gasteiger partial charge in [0.1, 0.15) is 19.3 Å². The van der Waals surface area contributed by atoms with Gasteiger partial charge in [0.15, 0.2) is 0 Å². The Morgan fingerprint density at radius 3 is 2.42 bits per heavy atom. The molecule has 0 aromatic heterocycles. The third-order valence-electron chi connectivity index (χ3n) is 3.56. The quantitative estimate of drug-likeness (QED) is 0.193. The van der Waals surface area contributed by atoms with Gasteiger partial charge in [0.25, 0.3) is 0 Å². The molecule has 0 rings (SSSR count). The monoisotopic (exact) mass is 371 g/mol. The summed E-state index contributed by atoms with van der Waals surface area (Å²) < 4.78 is 15.1. The number of hydrogen-bond acceptors (Lipinski definition) is 7. The molecule has 1 atom stereocenters. The highest BCUT2D eigenvalue weighted by atomic mass is 16.6. The summed E-state index contributed by atoms with van der Waals surface area (Å²) in [4.78, 5) is 33.7. The lowest BCUT2D eigenvalue weighted by Crippen LogP contribution is -2.36. The highest BCUT2D eigenvalue weighted by molar-refractivity contribution is 5.81.